The highest BCUT2D eigenvalue weighted by atomic mass is 16.5. The highest BCUT2D eigenvalue weighted by Gasteiger charge is 2.19. The van der Waals surface area contributed by atoms with Crippen molar-refractivity contribution in [2.24, 2.45) is 0 Å². The Morgan fingerprint density at radius 3 is 2.59 bits per heavy atom. The summed E-state index contributed by atoms with van der Waals surface area (Å²) in [7, 11) is 0. The lowest BCUT2D eigenvalue weighted by atomic mass is 10.1. The molecule has 0 aliphatic carbocycles. The Morgan fingerprint density at radius 1 is 1.24 bits per heavy atom. The van der Waals surface area contributed by atoms with Crippen LogP contribution in [0.1, 0.15) is 31.2 Å². The summed E-state index contributed by atoms with van der Waals surface area (Å²) in [5, 5.41) is 13.4. The maximum Gasteiger partial charge on any atom is 0.232 e. The lowest BCUT2D eigenvalue weighted by molar-refractivity contribution is 0.151. The standard InChI is InChI=1S/C13H16N2O2/c1-8-6-4-5-7-11(8)12-14-13(17-15-12)9(2)10(3)16/h4-7,9-10,16H,1-3H3. The van der Waals surface area contributed by atoms with E-state index in [1.165, 1.54) is 0 Å². The number of aromatic nitrogens is 2. The van der Waals surface area contributed by atoms with Crippen molar-refractivity contribution in [3.05, 3.63) is 35.7 Å². The highest BCUT2D eigenvalue weighted by Crippen LogP contribution is 2.23. The van der Waals surface area contributed by atoms with Crippen LogP contribution in [-0.2, 0) is 0 Å². The molecule has 0 fully saturated rings. The summed E-state index contributed by atoms with van der Waals surface area (Å²) in [6, 6.07) is 7.87. The number of aliphatic hydroxyl groups is 1. The van der Waals surface area contributed by atoms with Gasteiger partial charge in [-0.3, -0.25) is 0 Å². The Hall–Kier alpha value is -1.68. The number of benzene rings is 1. The highest BCUT2D eigenvalue weighted by molar-refractivity contribution is 5.58. The minimum absolute atomic E-state index is 0.153. The molecule has 0 aliphatic heterocycles. The Bertz CT molecular complexity index is 506. The third kappa shape index (κ3) is 2.36. The summed E-state index contributed by atoms with van der Waals surface area (Å²) in [4.78, 5) is 4.32. The molecule has 0 bridgehead atoms. The molecule has 17 heavy (non-hydrogen) atoms. The molecule has 2 unspecified atom stereocenters. The first kappa shape index (κ1) is 11.8. The molecule has 0 spiro atoms. The van der Waals surface area contributed by atoms with E-state index in [0.29, 0.717) is 11.7 Å². The van der Waals surface area contributed by atoms with E-state index < -0.39 is 6.10 Å². The minimum atomic E-state index is -0.500. The lowest BCUT2D eigenvalue weighted by Gasteiger charge is -2.08. The van der Waals surface area contributed by atoms with Gasteiger partial charge in [-0.1, -0.05) is 36.3 Å². The Kier molecular flexibility index (Phi) is 3.24. The summed E-state index contributed by atoms with van der Waals surface area (Å²) in [6.45, 7) is 5.57. The first-order valence-electron chi connectivity index (χ1n) is 5.67. The van der Waals surface area contributed by atoms with Gasteiger partial charge in [-0.2, -0.15) is 4.98 Å². The van der Waals surface area contributed by atoms with Gasteiger partial charge in [0.1, 0.15) is 0 Å². The maximum atomic E-state index is 9.48. The van der Waals surface area contributed by atoms with Gasteiger partial charge < -0.3 is 9.63 Å². The van der Waals surface area contributed by atoms with Crippen LogP contribution in [0.25, 0.3) is 11.4 Å². The van der Waals surface area contributed by atoms with Crippen LogP contribution in [0.3, 0.4) is 0 Å². The topological polar surface area (TPSA) is 59.2 Å². The van der Waals surface area contributed by atoms with Crippen molar-refractivity contribution < 1.29 is 9.63 Å². The Balaban J connectivity index is 2.34. The van der Waals surface area contributed by atoms with Crippen LogP contribution >= 0.6 is 0 Å². The molecule has 4 nitrogen and oxygen atoms in total. The summed E-state index contributed by atoms with van der Waals surface area (Å²) in [5.74, 6) is 0.893. The molecule has 2 atom stereocenters. The second kappa shape index (κ2) is 4.67. The first-order valence-corrected chi connectivity index (χ1v) is 5.67. The molecule has 1 aromatic heterocycles. The Morgan fingerprint density at radius 2 is 1.94 bits per heavy atom. The van der Waals surface area contributed by atoms with Gasteiger partial charge in [0.2, 0.25) is 11.7 Å². The van der Waals surface area contributed by atoms with Crippen LogP contribution in [0.5, 0.6) is 0 Å². The normalized spacial score (nSPS) is 14.6. The number of aliphatic hydroxyl groups excluding tert-OH is 1. The average molecular weight is 232 g/mol. The molecular weight excluding hydrogens is 216 g/mol. The second-order valence-corrected chi connectivity index (χ2v) is 4.30. The SMILES string of the molecule is Cc1ccccc1-c1noc(C(C)C(C)O)n1. The predicted octanol–water partition coefficient (Wildman–Crippen LogP) is 2.53. The molecule has 0 aliphatic rings. The maximum absolute atomic E-state index is 9.48. The zero-order chi connectivity index (χ0) is 12.4. The van der Waals surface area contributed by atoms with Crippen LogP contribution in [0.15, 0.2) is 28.8 Å². The van der Waals surface area contributed by atoms with Crippen molar-refractivity contribution >= 4 is 0 Å². The van der Waals surface area contributed by atoms with E-state index in [0.717, 1.165) is 11.1 Å². The number of hydrogen-bond donors (Lipinski definition) is 1. The minimum Gasteiger partial charge on any atom is -0.393 e. The summed E-state index contributed by atoms with van der Waals surface area (Å²) in [5.41, 5.74) is 2.06. The molecule has 2 rings (SSSR count). The monoisotopic (exact) mass is 232 g/mol. The molecule has 4 heteroatoms. The third-order valence-electron chi connectivity index (χ3n) is 2.94. The zero-order valence-electron chi connectivity index (χ0n) is 10.2. The van der Waals surface area contributed by atoms with Gasteiger partial charge in [0.05, 0.1) is 12.0 Å². The van der Waals surface area contributed by atoms with Gasteiger partial charge >= 0.3 is 0 Å². The fourth-order valence-electron chi connectivity index (χ4n) is 1.56. The van der Waals surface area contributed by atoms with Crippen LogP contribution in [-0.4, -0.2) is 21.4 Å². The molecule has 0 saturated carbocycles. The molecule has 0 radical (unpaired) electrons. The average Bonchev–Trinajstić information content (AvgIpc) is 2.77. The number of aryl methyl sites for hydroxylation is 1. The number of rotatable bonds is 3. The van der Waals surface area contributed by atoms with E-state index >= 15 is 0 Å². The lowest BCUT2D eigenvalue weighted by Crippen LogP contribution is -2.11. The molecule has 1 N–H and O–H groups in total. The largest absolute Gasteiger partial charge is 0.393 e. The summed E-state index contributed by atoms with van der Waals surface area (Å²) < 4.78 is 5.18. The number of hydrogen-bond acceptors (Lipinski definition) is 4. The van der Waals surface area contributed by atoms with Gasteiger partial charge in [-0.05, 0) is 19.4 Å². The fraction of sp³-hybridized carbons (Fsp3) is 0.385. The molecule has 2 aromatic rings. The smallest absolute Gasteiger partial charge is 0.232 e. The molecule has 90 valence electrons. The van der Waals surface area contributed by atoms with Crippen molar-refractivity contribution in [1.29, 1.82) is 0 Å². The van der Waals surface area contributed by atoms with Gasteiger partial charge in [-0.15, -0.1) is 0 Å². The third-order valence-corrected chi connectivity index (χ3v) is 2.94. The molecule has 0 saturated heterocycles. The summed E-state index contributed by atoms with van der Waals surface area (Å²) in [6.07, 6.45) is -0.500. The van der Waals surface area contributed by atoms with Crippen molar-refractivity contribution in [3.63, 3.8) is 0 Å². The first-order chi connectivity index (χ1) is 8.09. The van der Waals surface area contributed by atoms with Crippen molar-refractivity contribution in [3.8, 4) is 11.4 Å². The molecule has 1 aromatic carbocycles. The Labute approximate surface area is 100 Å². The quantitative estimate of drug-likeness (QED) is 0.883. The van der Waals surface area contributed by atoms with Crippen LogP contribution in [0, 0.1) is 6.92 Å². The predicted molar refractivity (Wildman–Crippen MR) is 64.6 cm³/mol. The molecule has 0 amide bonds. The van der Waals surface area contributed by atoms with Crippen molar-refractivity contribution in [1.82, 2.24) is 10.1 Å². The zero-order valence-corrected chi connectivity index (χ0v) is 10.2. The van der Waals surface area contributed by atoms with Gasteiger partial charge in [0, 0.05) is 5.56 Å². The van der Waals surface area contributed by atoms with Gasteiger partial charge in [0.25, 0.3) is 0 Å². The van der Waals surface area contributed by atoms with Gasteiger partial charge in [-0.25, -0.2) is 0 Å². The van der Waals surface area contributed by atoms with Crippen LogP contribution in [0.2, 0.25) is 0 Å². The van der Waals surface area contributed by atoms with E-state index in [-0.39, 0.29) is 5.92 Å². The van der Waals surface area contributed by atoms with E-state index in [1.54, 1.807) is 6.92 Å². The van der Waals surface area contributed by atoms with Crippen LogP contribution < -0.4 is 0 Å². The van der Waals surface area contributed by atoms with E-state index in [9.17, 15) is 5.11 Å². The summed E-state index contributed by atoms with van der Waals surface area (Å²) >= 11 is 0. The van der Waals surface area contributed by atoms with Crippen LogP contribution in [0.4, 0.5) is 0 Å². The fourth-order valence-corrected chi connectivity index (χ4v) is 1.56. The molecular formula is C13H16N2O2. The van der Waals surface area contributed by atoms with E-state index in [2.05, 4.69) is 10.1 Å². The van der Waals surface area contributed by atoms with Crippen molar-refractivity contribution in [2.75, 3.05) is 0 Å². The number of nitrogens with zero attached hydrogens (tertiary/aromatic N) is 2. The van der Waals surface area contributed by atoms with E-state index in [4.69, 9.17) is 4.52 Å². The van der Waals surface area contributed by atoms with Crippen molar-refractivity contribution in [2.45, 2.75) is 32.8 Å². The van der Waals surface area contributed by atoms with Gasteiger partial charge in [0.15, 0.2) is 0 Å². The molecule has 1 heterocycles. The second-order valence-electron chi connectivity index (χ2n) is 4.30. The van der Waals surface area contributed by atoms with E-state index in [1.807, 2.05) is 38.1 Å².